The molecule has 1 aliphatic rings. The van der Waals surface area contributed by atoms with Gasteiger partial charge in [-0.3, -0.25) is 14.3 Å². The van der Waals surface area contributed by atoms with E-state index in [4.69, 9.17) is 0 Å². The molecular weight excluding hydrogens is 448 g/mol. The molecule has 5 rings (SSSR count). The highest BCUT2D eigenvalue weighted by Gasteiger charge is 2.25. The van der Waals surface area contributed by atoms with Crippen LogP contribution < -0.4 is 5.32 Å². The van der Waals surface area contributed by atoms with Gasteiger partial charge in [0.15, 0.2) is 0 Å². The van der Waals surface area contributed by atoms with Crippen molar-refractivity contribution in [2.75, 3.05) is 18.4 Å². The first-order chi connectivity index (χ1) is 17.5. The summed E-state index contributed by atoms with van der Waals surface area (Å²) < 4.78 is 1.81. The molecule has 3 aromatic carbocycles. The van der Waals surface area contributed by atoms with Crippen molar-refractivity contribution in [3.63, 3.8) is 0 Å². The van der Waals surface area contributed by atoms with Crippen molar-refractivity contribution >= 4 is 17.5 Å². The molecule has 4 aromatic rings. The number of anilines is 1. The second kappa shape index (κ2) is 10.2. The second-order valence-corrected chi connectivity index (χ2v) is 9.44. The molecule has 0 radical (unpaired) electrons. The number of carbonyl (C=O) groups is 2. The van der Waals surface area contributed by atoms with E-state index >= 15 is 0 Å². The van der Waals surface area contributed by atoms with Crippen LogP contribution in [0.3, 0.4) is 0 Å². The Balaban J connectivity index is 1.22. The Morgan fingerprint density at radius 3 is 2.28 bits per heavy atom. The zero-order valence-electron chi connectivity index (χ0n) is 20.6. The van der Waals surface area contributed by atoms with Crippen LogP contribution in [0.2, 0.25) is 0 Å². The number of amides is 2. The van der Waals surface area contributed by atoms with Gasteiger partial charge in [-0.05, 0) is 66.6 Å². The number of benzene rings is 3. The molecule has 36 heavy (non-hydrogen) atoms. The van der Waals surface area contributed by atoms with Gasteiger partial charge in [0.05, 0.1) is 6.20 Å². The van der Waals surface area contributed by atoms with E-state index in [2.05, 4.69) is 34.7 Å². The lowest BCUT2D eigenvalue weighted by molar-refractivity contribution is 0.0712. The lowest BCUT2D eigenvalue weighted by atomic mass is 9.88. The lowest BCUT2D eigenvalue weighted by Gasteiger charge is -2.32. The van der Waals surface area contributed by atoms with E-state index in [-0.39, 0.29) is 11.8 Å². The fourth-order valence-corrected chi connectivity index (χ4v) is 4.79. The fraction of sp³-hybridized carbons (Fsp3) is 0.233. The van der Waals surface area contributed by atoms with Gasteiger partial charge in [-0.2, -0.15) is 5.10 Å². The third-order valence-electron chi connectivity index (χ3n) is 6.97. The number of nitrogens with zero attached hydrogens (tertiary/aromatic N) is 3. The Labute approximate surface area is 211 Å². The minimum absolute atomic E-state index is 0.00980. The van der Waals surface area contributed by atoms with Crippen LogP contribution in [0.5, 0.6) is 0 Å². The summed E-state index contributed by atoms with van der Waals surface area (Å²) in [6.45, 7) is 3.36. The van der Waals surface area contributed by atoms with Gasteiger partial charge in [0, 0.05) is 48.7 Å². The highest BCUT2D eigenvalue weighted by atomic mass is 16.2. The van der Waals surface area contributed by atoms with Crippen molar-refractivity contribution in [3.8, 4) is 11.1 Å². The van der Waals surface area contributed by atoms with Crippen molar-refractivity contribution < 1.29 is 9.59 Å². The van der Waals surface area contributed by atoms with E-state index in [9.17, 15) is 9.59 Å². The quantitative estimate of drug-likeness (QED) is 0.402. The summed E-state index contributed by atoms with van der Waals surface area (Å²) in [6, 6.07) is 23.3. The molecule has 2 heterocycles. The van der Waals surface area contributed by atoms with Gasteiger partial charge in [-0.1, -0.05) is 48.5 Å². The summed E-state index contributed by atoms with van der Waals surface area (Å²) in [6.07, 6.45) is 5.76. The van der Waals surface area contributed by atoms with Crippen LogP contribution >= 0.6 is 0 Å². The van der Waals surface area contributed by atoms with Gasteiger partial charge in [0.2, 0.25) is 0 Å². The molecule has 0 saturated carbocycles. The molecular formula is C30H30N4O2. The third kappa shape index (κ3) is 5.08. The van der Waals surface area contributed by atoms with Crippen molar-refractivity contribution in [2.24, 2.45) is 7.05 Å². The Bertz CT molecular complexity index is 1370. The summed E-state index contributed by atoms with van der Waals surface area (Å²) in [5.41, 5.74) is 6.36. The van der Waals surface area contributed by atoms with Gasteiger partial charge < -0.3 is 10.2 Å². The summed E-state index contributed by atoms with van der Waals surface area (Å²) in [5, 5.41) is 7.21. The molecule has 1 fully saturated rings. The zero-order chi connectivity index (χ0) is 25.1. The number of hydrogen-bond donors (Lipinski definition) is 1. The van der Waals surface area contributed by atoms with Crippen molar-refractivity contribution in [1.29, 1.82) is 0 Å². The molecule has 0 atom stereocenters. The van der Waals surface area contributed by atoms with Gasteiger partial charge in [-0.25, -0.2) is 0 Å². The minimum Gasteiger partial charge on any atom is -0.339 e. The fourth-order valence-electron chi connectivity index (χ4n) is 4.79. The Morgan fingerprint density at radius 2 is 1.61 bits per heavy atom. The maximum atomic E-state index is 13.3. The maximum Gasteiger partial charge on any atom is 0.255 e. The van der Waals surface area contributed by atoms with E-state index in [1.165, 1.54) is 5.56 Å². The number of aryl methyl sites for hydroxylation is 2. The number of likely N-dealkylation sites (tertiary alicyclic amines) is 1. The highest BCUT2D eigenvalue weighted by Crippen LogP contribution is 2.31. The number of aromatic nitrogens is 2. The Morgan fingerprint density at radius 1 is 0.889 bits per heavy atom. The van der Waals surface area contributed by atoms with E-state index in [0.29, 0.717) is 35.8 Å². The number of carbonyl (C=O) groups excluding carboxylic acids is 2. The largest absolute Gasteiger partial charge is 0.339 e. The predicted molar refractivity (Wildman–Crippen MR) is 142 cm³/mol. The molecule has 1 aliphatic heterocycles. The Hall–Kier alpha value is -4.19. The average Bonchev–Trinajstić information content (AvgIpc) is 3.36. The smallest absolute Gasteiger partial charge is 0.255 e. The molecule has 0 bridgehead atoms. The summed E-state index contributed by atoms with van der Waals surface area (Å²) in [7, 11) is 1.92. The van der Waals surface area contributed by atoms with Crippen LogP contribution in [0.15, 0.2) is 85.2 Å². The Kier molecular flexibility index (Phi) is 6.67. The monoisotopic (exact) mass is 478 g/mol. The molecule has 2 amide bonds. The molecule has 0 unspecified atom stereocenters. The molecule has 1 saturated heterocycles. The molecule has 1 aromatic heterocycles. The SMILES string of the molecule is Cc1ccc(C(=O)N2CCC(c3ccc(-c4cnn(C)c4)cc3)CC2)cc1NC(=O)c1ccccc1. The first-order valence-electron chi connectivity index (χ1n) is 12.3. The lowest BCUT2D eigenvalue weighted by Crippen LogP contribution is -2.38. The number of hydrogen-bond acceptors (Lipinski definition) is 3. The van der Waals surface area contributed by atoms with Crippen molar-refractivity contribution in [1.82, 2.24) is 14.7 Å². The van der Waals surface area contributed by atoms with E-state index < -0.39 is 0 Å². The number of piperidine rings is 1. The van der Waals surface area contributed by atoms with Crippen LogP contribution in [-0.2, 0) is 7.05 Å². The molecule has 0 aliphatic carbocycles. The van der Waals surface area contributed by atoms with Crippen LogP contribution in [0.1, 0.15) is 50.6 Å². The normalized spacial score (nSPS) is 14.0. The number of nitrogens with one attached hydrogen (secondary N) is 1. The maximum absolute atomic E-state index is 13.3. The summed E-state index contributed by atoms with van der Waals surface area (Å²) >= 11 is 0. The third-order valence-corrected chi connectivity index (χ3v) is 6.97. The predicted octanol–water partition coefficient (Wildman–Crippen LogP) is 5.67. The van der Waals surface area contributed by atoms with Crippen molar-refractivity contribution in [2.45, 2.75) is 25.7 Å². The summed E-state index contributed by atoms with van der Waals surface area (Å²) in [4.78, 5) is 27.8. The van der Waals surface area contributed by atoms with E-state index in [1.54, 1.807) is 18.2 Å². The molecule has 6 nitrogen and oxygen atoms in total. The van der Waals surface area contributed by atoms with Crippen LogP contribution in [0.4, 0.5) is 5.69 Å². The molecule has 1 N–H and O–H groups in total. The van der Waals surface area contributed by atoms with Crippen LogP contribution in [0, 0.1) is 6.92 Å². The molecule has 0 spiro atoms. The van der Waals surface area contributed by atoms with Crippen molar-refractivity contribution in [3.05, 3.63) is 107 Å². The second-order valence-electron chi connectivity index (χ2n) is 9.44. The topological polar surface area (TPSA) is 67.2 Å². The van der Waals surface area contributed by atoms with Crippen LogP contribution in [0.25, 0.3) is 11.1 Å². The van der Waals surface area contributed by atoms with Gasteiger partial charge in [-0.15, -0.1) is 0 Å². The zero-order valence-corrected chi connectivity index (χ0v) is 20.6. The standard InChI is InChI=1S/C30H30N4O2/c1-21-8-9-26(18-28(21)32-29(35)25-6-4-3-5-7-25)30(36)34-16-14-24(15-17-34)22-10-12-23(13-11-22)27-19-31-33(2)20-27/h3-13,18-20,24H,14-17H2,1-2H3,(H,32,35). The van der Waals surface area contributed by atoms with Gasteiger partial charge in [0.25, 0.3) is 11.8 Å². The van der Waals surface area contributed by atoms with Gasteiger partial charge in [0.1, 0.15) is 0 Å². The number of rotatable bonds is 5. The average molecular weight is 479 g/mol. The first-order valence-corrected chi connectivity index (χ1v) is 12.3. The highest BCUT2D eigenvalue weighted by molar-refractivity contribution is 6.05. The van der Waals surface area contributed by atoms with E-state index in [1.807, 2.05) is 66.3 Å². The first kappa shape index (κ1) is 23.5. The minimum atomic E-state index is -0.182. The molecule has 182 valence electrons. The van der Waals surface area contributed by atoms with E-state index in [0.717, 1.165) is 29.5 Å². The summed E-state index contributed by atoms with van der Waals surface area (Å²) in [5.74, 6) is 0.269. The van der Waals surface area contributed by atoms with Gasteiger partial charge >= 0.3 is 0 Å². The molecule has 6 heteroatoms. The van der Waals surface area contributed by atoms with Crippen LogP contribution in [-0.4, -0.2) is 39.6 Å².